The average Bonchev–Trinajstić information content (AvgIpc) is 3.54. The average molecular weight is 751 g/mol. The van der Waals surface area contributed by atoms with Crippen molar-refractivity contribution in [1.29, 1.82) is 0 Å². The lowest BCUT2D eigenvalue weighted by atomic mass is 9.91. The fourth-order valence-electron chi connectivity index (χ4n) is 6.68. The van der Waals surface area contributed by atoms with Crippen molar-refractivity contribution in [2.45, 2.75) is 62.3 Å². The minimum atomic E-state index is -4.00. The zero-order chi connectivity index (χ0) is 34.1. The van der Waals surface area contributed by atoms with E-state index in [2.05, 4.69) is 19.8 Å². The van der Waals surface area contributed by atoms with Crippen molar-refractivity contribution in [3.05, 3.63) is 90.9 Å². The van der Waals surface area contributed by atoms with Gasteiger partial charge in [-0.3, -0.25) is 4.99 Å². The van der Waals surface area contributed by atoms with E-state index in [1.54, 1.807) is 17.8 Å². The first-order chi connectivity index (χ1) is 23.5. The standard InChI is InChI=1S/C31H30ClF3N8O3S3/c32-21-13-18(33)3-4-20(21)26-25(22-5-9-43(39-22)30(34)35)23-14-19(16-42(23)27(38-26)29-36-8-12-47-29)40-49(45,46)41-10-6-31(44,7-11-41)24-15-37-28(48-24)17-1-2-17/h3-5,8-9,12-13,15,17,19,26,30,40,44H,1-2,6-7,10-11,14,16H2/t19-,26-/m0/s1. The predicted molar refractivity (Wildman–Crippen MR) is 179 cm³/mol. The molecule has 2 saturated heterocycles. The SMILES string of the molecule is O=S(=O)(N[C@H]1CC2=C(c3ccn(C(F)F)n3)[C@H](c3ccc(F)cc3Cl)N=C(c3nccs3)N2C1)N1CCC(O)(c2cnc(C3CC3)s2)CC1. The summed E-state index contributed by atoms with van der Waals surface area (Å²) in [5.74, 6) is 0.373. The second-order valence-electron chi connectivity index (χ2n) is 12.6. The van der Waals surface area contributed by atoms with Gasteiger partial charge in [0.05, 0.1) is 15.6 Å². The molecule has 1 saturated carbocycles. The lowest BCUT2D eigenvalue weighted by Gasteiger charge is -2.37. The normalized spacial score (nSPS) is 23.0. The minimum absolute atomic E-state index is 0.0921. The van der Waals surface area contributed by atoms with Crippen LogP contribution in [0.4, 0.5) is 13.2 Å². The third kappa shape index (κ3) is 6.23. The molecule has 4 aliphatic rings. The molecule has 0 unspecified atom stereocenters. The van der Waals surface area contributed by atoms with Gasteiger partial charge in [0.2, 0.25) is 0 Å². The third-order valence-corrected chi connectivity index (χ3v) is 13.5. The smallest absolute Gasteiger partial charge is 0.333 e. The van der Waals surface area contributed by atoms with E-state index in [0.29, 0.717) is 38.3 Å². The summed E-state index contributed by atoms with van der Waals surface area (Å²) in [4.78, 5) is 16.5. The Balaban J connectivity index is 1.10. The van der Waals surface area contributed by atoms with Gasteiger partial charge in [-0.15, -0.1) is 22.7 Å². The van der Waals surface area contributed by atoms with E-state index in [1.807, 2.05) is 4.90 Å². The lowest BCUT2D eigenvalue weighted by molar-refractivity contribution is -0.00676. The van der Waals surface area contributed by atoms with Crippen molar-refractivity contribution in [3.8, 4) is 0 Å². The molecule has 0 spiro atoms. The summed E-state index contributed by atoms with van der Waals surface area (Å²) in [5, 5.41) is 19.0. The number of amidine groups is 1. The van der Waals surface area contributed by atoms with Gasteiger partial charge in [0.15, 0.2) is 10.8 Å². The first kappa shape index (κ1) is 33.0. The van der Waals surface area contributed by atoms with Crippen LogP contribution >= 0.6 is 34.3 Å². The molecular formula is C31H30ClF3N8O3S3. The van der Waals surface area contributed by atoms with Crippen molar-refractivity contribution in [3.63, 3.8) is 0 Å². The van der Waals surface area contributed by atoms with Gasteiger partial charge in [-0.2, -0.15) is 31.3 Å². The summed E-state index contributed by atoms with van der Waals surface area (Å²) in [6.07, 6.45) is 7.37. The number of aliphatic imine (C=N–C) groups is 1. The number of rotatable bonds is 9. The zero-order valence-electron chi connectivity index (χ0n) is 25.7. The van der Waals surface area contributed by atoms with Crippen LogP contribution in [0.25, 0.3) is 5.57 Å². The van der Waals surface area contributed by atoms with E-state index < -0.39 is 40.3 Å². The highest BCUT2D eigenvalue weighted by molar-refractivity contribution is 7.87. The Morgan fingerprint density at radius 3 is 2.61 bits per heavy atom. The highest BCUT2D eigenvalue weighted by atomic mass is 35.5. The largest absolute Gasteiger partial charge is 0.384 e. The first-order valence-electron chi connectivity index (χ1n) is 15.7. The van der Waals surface area contributed by atoms with Crippen LogP contribution < -0.4 is 4.72 Å². The van der Waals surface area contributed by atoms with E-state index in [1.165, 1.54) is 45.2 Å². The van der Waals surface area contributed by atoms with Crippen LogP contribution in [-0.2, 0) is 15.8 Å². The number of nitrogens with one attached hydrogen (secondary N) is 1. The summed E-state index contributed by atoms with van der Waals surface area (Å²) < 4.78 is 73.8. The van der Waals surface area contributed by atoms with E-state index in [-0.39, 0.29) is 49.6 Å². The topological polar surface area (TPSA) is 129 Å². The van der Waals surface area contributed by atoms with Crippen molar-refractivity contribution in [1.82, 2.24) is 33.7 Å². The maximum absolute atomic E-state index is 14.1. The first-order valence-corrected chi connectivity index (χ1v) is 19.2. The number of nitrogens with zero attached hydrogens (tertiary/aromatic N) is 7. The van der Waals surface area contributed by atoms with E-state index in [4.69, 9.17) is 16.6 Å². The summed E-state index contributed by atoms with van der Waals surface area (Å²) in [6, 6.07) is 3.85. The summed E-state index contributed by atoms with van der Waals surface area (Å²) in [6.45, 7) is -2.47. The molecule has 3 aliphatic heterocycles. The van der Waals surface area contributed by atoms with Gasteiger partial charge in [0.25, 0.3) is 10.2 Å². The summed E-state index contributed by atoms with van der Waals surface area (Å²) in [7, 11) is -4.00. The Morgan fingerprint density at radius 1 is 1.14 bits per heavy atom. The quantitative estimate of drug-likeness (QED) is 0.226. The molecule has 49 heavy (non-hydrogen) atoms. The molecule has 3 fully saturated rings. The molecule has 3 aromatic heterocycles. The Morgan fingerprint density at radius 2 is 1.94 bits per heavy atom. The molecule has 11 nitrogen and oxygen atoms in total. The van der Waals surface area contributed by atoms with Crippen molar-refractivity contribution >= 4 is 55.9 Å². The Hall–Kier alpha value is -3.19. The Kier molecular flexibility index (Phi) is 8.44. The van der Waals surface area contributed by atoms with Crippen molar-refractivity contribution in [2.24, 2.45) is 4.99 Å². The highest BCUT2D eigenvalue weighted by Crippen LogP contribution is 2.47. The molecule has 8 rings (SSSR count). The summed E-state index contributed by atoms with van der Waals surface area (Å²) in [5.41, 5.74) is 0.567. The van der Waals surface area contributed by atoms with Crippen LogP contribution in [0.2, 0.25) is 5.02 Å². The van der Waals surface area contributed by atoms with Gasteiger partial charge in [-0.25, -0.2) is 19.0 Å². The van der Waals surface area contributed by atoms with Gasteiger partial charge in [-0.1, -0.05) is 17.7 Å². The molecule has 0 radical (unpaired) electrons. The highest BCUT2D eigenvalue weighted by Gasteiger charge is 2.44. The molecular weight excluding hydrogens is 721 g/mol. The predicted octanol–water partition coefficient (Wildman–Crippen LogP) is 5.67. The number of alkyl halides is 2. The van der Waals surface area contributed by atoms with Crippen LogP contribution in [-0.4, -0.2) is 74.0 Å². The van der Waals surface area contributed by atoms with Crippen molar-refractivity contribution in [2.75, 3.05) is 19.6 Å². The van der Waals surface area contributed by atoms with Gasteiger partial charge < -0.3 is 10.0 Å². The van der Waals surface area contributed by atoms with Gasteiger partial charge in [0.1, 0.15) is 17.5 Å². The molecule has 0 amide bonds. The summed E-state index contributed by atoms with van der Waals surface area (Å²) >= 11 is 9.39. The minimum Gasteiger partial charge on any atom is -0.384 e. The van der Waals surface area contributed by atoms with Crippen LogP contribution in [0, 0.1) is 5.82 Å². The number of benzene rings is 1. The number of fused-ring (bicyclic) bond motifs is 1. The van der Waals surface area contributed by atoms with E-state index in [0.717, 1.165) is 35.0 Å². The molecule has 4 aromatic rings. The molecule has 1 aliphatic carbocycles. The van der Waals surface area contributed by atoms with Crippen LogP contribution in [0.1, 0.15) is 76.8 Å². The maximum atomic E-state index is 14.1. The van der Waals surface area contributed by atoms with Crippen LogP contribution in [0.15, 0.2) is 58.9 Å². The number of hydrogen-bond acceptors (Lipinski definition) is 10. The Bertz CT molecular complexity index is 2060. The van der Waals surface area contributed by atoms with Crippen LogP contribution in [0.3, 0.4) is 0 Å². The third-order valence-electron chi connectivity index (χ3n) is 9.34. The monoisotopic (exact) mass is 750 g/mol. The Labute approximate surface area is 293 Å². The molecule has 258 valence electrons. The molecule has 18 heteroatoms. The lowest BCUT2D eigenvalue weighted by Crippen LogP contribution is -2.51. The second-order valence-corrected chi connectivity index (χ2v) is 16.6. The fraction of sp³-hybridized carbons (Fsp3) is 0.419. The van der Waals surface area contributed by atoms with Crippen molar-refractivity contribution < 1.29 is 26.7 Å². The molecule has 2 atom stereocenters. The zero-order valence-corrected chi connectivity index (χ0v) is 28.9. The van der Waals surface area contributed by atoms with Gasteiger partial charge >= 0.3 is 6.55 Å². The fourth-order valence-corrected chi connectivity index (χ4v) is 10.2. The number of aromatic nitrogens is 4. The maximum Gasteiger partial charge on any atom is 0.333 e. The number of piperidine rings is 1. The molecule has 0 bridgehead atoms. The molecule has 1 aromatic carbocycles. The number of halogens is 4. The number of aliphatic hydroxyl groups is 1. The van der Waals surface area contributed by atoms with Gasteiger partial charge in [-0.05, 0) is 43.9 Å². The second kappa shape index (κ2) is 12.5. The van der Waals surface area contributed by atoms with E-state index in [9.17, 15) is 26.7 Å². The molecule has 2 N–H and O–H groups in total. The van der Waals surface area contributed by atoms with E-state index >= 15 is 0 Å². The molecule has 6 heterocycles. The van der Waals surface area contributed by atoms with Crippen LogP contribution in [0.5, 0.6) is 0 Å². The number of thiazole rings is 2. The number of hydrogen-bond donors (Lipinski definition) is 2. The van der Waals surface area contributed by atoms with Gasteiger partial charge in [0, 0.05) is 83.8 Å².